The third-order valence-electron chi connectivity index (χ3n) is 6.49. The number of allylic oxidation sites excluding steroid dienone is 3. The lowest BCUT2D eigenvalue weighted by molar-refractivity contribution is -0.384. The maximum atomic E-state index is 13.6. The molecule has 4 rings (SSSR count). The molecule has 0 amide bonds. The van der Waals surface area contributed by atoms with Gasteiger partial charge in [0.15, 0.2) is 5.78 Å². The molecule has 0 spiro atoms. The standard InChI is InChI=1S/C27H28N2O6/c1-4-12-35-27(31)24-16(2)28-22-14-19(17-8-10-21(34-3)11-9-17)15-23(30)26(22)25(24)18-6-5-7-20(13-18)29(32)33/h5-11,13,19,25,28H,4,12,14-15H2,1-3H3/t19-,25+/m0/s1. The third-order valence-corrected chi connectivity index (χ3v) is 6.49. The van der Waals surface area contributed by atoms with Crippen molar-refractivity contribution in [2.75, 3.05) is 13.7 Å². The van der Waals surface area contributed by atoms with E-state index in [4.69, 9.17) is 9.47 Å². The third kappa shape index (κ3) is 4.82. The number of methoxy groups -OCH3 is 1. The molecule has 0 unspecified atom stereocenters. The molecule has 2 atom stereocenters. The van der Waals surface area contributed by atoms with E-state index in [1.807, 2.05) is 31.2 Å². The van der Waals surface area contributed by atoms with E-state index in [1.54, 1.807) is 26.2 Å². The number of non-ortho nitro benzene ring substituents is 1. The van der Waals surface area contributed by atoms with E-state index in [9.17, 15) is 19.7 Å². The molecule has 182 valence electrons. The Kier molecular flexibility index (Phi) is 7.00. The molecule has 1 aliphatic carbocycles. The zero-order chi connectivity index (χ0) is 25.1. The van der Waals surface area contributed by atoms with Crippen LogP contribution in [0.15, 0.2) is 71.1 Å². The van der Waals surface area contributed by atoms with Gasteiger partial charge in [-0.1, -0.05) is 31.2 Å². The second-order valence-corrected chi connectivity index (χ2v) is 8.78. The van der Waals surface area contributed by atoms with Gasteiger partial charge in [-0.05, 0) is 48.9 Å². The molecule has 0 fully saturated rings. The highest BCUT2D eigenvalue weighted by atomic mass is 16.6. The maximum Gasteiger partial charge on any atom is 0.336 e. The van der Waals surface area contributed by atoms with E-state index < -0.39 is 16.8 Å². The van der Waals surface area contributed by atoms with Gasteiger partial charge in [0.2, 0.25) is 0 Å². The molecule has 2 aromatic carbocycles. The van der Waals surface area contributed by atoms with Crippen LogP contribution in [-0.4, -0.2) is 30.4 Å². The summed E-state index contributed by atoms with van der Waals surface area (Å²) >= 11 is 0. The van der Waals surface area contributed by atoms with Gasteiger partial charge in [0, 0.05) is 41.4 Å². The van der Waals surface area contributed by atoms with Gasteiger partial charge in [-0.2, -0.15) is 0 Å². The molecule has 0 saturated carbocycles. The number of hydrogen-bond acceptors (Lipinski definition) is 7. The number of benzene rings is 2. The molecule has 2 aromatic rings. The van der Waals surface area contributed by atoms with Crippen LogP contribution in [0.5, 0.6) is 5.75 Å². The fourth-order valence-corrected chi connectivity index (χ4v) is 4.85. The highest BCUT2D eigenvalue weighted by Crippen LogP contribution is 2.46. The van der Waals surface area contributed by atoms with E-state index in [0.29, 0.717) is 35.2 Å². The van der Waals surface area contributed by atoms with Crippen molar-refractivity contribution < 1.29 is 24.0 Å². The number of carbonyl (C=O) groups is 2. The number of nitro groups is 1. The van der Waals surface area contributed by atoms with Crippen LogP contribution in [0.25, 0.3) is 0 Å². The van der Waals surface area contributed by atoms with Crippen LogP contribution in [0.3, 0.4) is 0 Å². The summed E-state index contributed by atoms with van der Waals surface area (Å²) < 4.78 is 10.7. The molecule has 35 heavy (non-hydrogen) atoms. The first-order valence-corrected chi connectivity index (χ1v) is 11.6. The summed E-state index contributed by atoms with van der Waals surface area (Å²) in [6.07, 6.45) is 1.51. The lowest BCUT2D eigenvalue weighted by Crippen LogP contribution is -2.36. The number of hydrogen-bond donors (Lipinski definition) is 1. The Morgan fingerprint density at radius 3 is 2.54 bits per heavy atom. The van der Waals surface area contributed by atoms with Crippen LogP contribution in [0, 0.1) is 10.1 Å². The van der Waals surface area contributed by atoms with E-state index in [2.05, 4.69) is 5.32 Å². The van der Waals surface area contributed by atoms with Crippen LogP contribution >= 0.6 is 0 Å². The van der Waals surface area contributed by atoms with E-state index in [-0.39, 0.29) is 30.4 Å². The molecule has 0 bridgehead atoms. The molecule has 0 saturated heterocycles. The number of nitrogens with zero attached hydrogens (tertiary/aromatic N) is 1. The monoisotopic (exact) mass is 476 g/mol. The molecule has 0 radical (unpaired) electrons. The van der Waals surface area contributed by atoms with Gasteiger partial charge in [0.05, 0.1) is 24.2 Å². The number of carbonyl (C=O) groups excluding carboxylic acids is 2. The van der Waals surface area contributed by atoms with Crippen LogP contribution in [-0.2, 0) is 14.3 Å². The first-order chi connectivity index (χ1) is 16.8. The van der Waals surface area contributed by atoms with Crippen molar-refractivity contribution in [3.05, 3.63) is 92.3 Å². The first-order valence-electron chi connectivity index (χ1n) is 11.6. The minimum Gasteiger partial charge on any atom is -0.497 e. The van der Waals surface area contributed by atoms with E-state index in [1.165, 1.54) is 12.1 Å². The highest BCUT2D eigenvalue weighted by Gasteiger charge is 2.41. The Balaban J connectivity index is 1.78. The smallest absolute Gasteiger partial charge is 0.336 e. The average Bonchev–Trinajstić information content (AvgIpc) is 2.86. The summed E-state index contributed by atoms with van der Waals surface area (Å²) in [6, 6.07) is 13.8. The molecule has 8 heteroatoms. The van der Waals surface area contributed by atoms with Crippen LogP contribution < -0.4 is 10.1 Å². The van der Waals surface area contributed by atoms with Crippen LogP contribution in [0.4, 0.5) is 5.69 Å². The SMILES string of the molecule is CCCOC(=O)C1=C(C)NC2=C(C(=O)C[C@@H](c3ccc(OC)cc3)C2)[C@@H]1c1cccc([N+](=O)[O-])c1. The molecule has 1 aliphatic heterocycles. The van der Waals surface area contributed by atoms with Crippen molar-refractivity contribution >= 4 is 17.4 Å². The Morgan fingerprint density at radius 2 is 1.89 bits per heavy atom. The van der Waals surface area contributed by atoms with Gasteiger partial charge in [0.1, 0.15) is 5.75 Å². The second-order valence-electron chi connectivity index (χ2n) is 8.78. The van der Waals surface area contributed by atoms with Gasteiger partial charge in [-0.15, -0.1) is 0 Å². The number of ether oxygens (including phenoxy) is 2. The molecule has 1 heterocycles. The van der Waals surface area contributed by atoms with Crippen molar-refractivity contribution in [2.24, 2.45) is 0 Å². The minimum atomic E-state index is -0.736. The van der Waals surface area contributed by atoms with Crippen molar-refractivity contribution in [1.29, 1.82) is 0 Å². The number of nitrogens with one attached hydrogen (secondary N) is 1. The summed E-state index contributed by atoms with van der Waals surface area (Å²) in [6.45, 7) is 3.92. The lowest BCUT2D eigenvalue weighted by Gasteiger charge is -2.36. The zero-order valence-electron chi connectivity index (χ0n) is 20.0. The van der Waals surface area contributed by atoms with Gasteiger partial charge in [0.25, 0.3) is 5.69 Å². The minimum absolute atomic E-state index is 0.0354. The number of nitro benzene ring substituents is 1. The number of dihydropyridines is 1. The molecule has 0 aromatic heterocycles. The highest BCUT2D eigenvalue weighted by molar-refractivity contribution is 6.04. The predicted molar refractivity (Wildman–Crippen MR) is 130 cm³/mol. The Bertz CT molecular complexity index is 1230. The van der Waals surface area contributed by atoms with E-state index in [0.717, 1.165) is 17.0 Å². The Labute approximate surface area is 203 Å². The van der Waals surface area contributed by atoms with Crippen LogP contribution in [0.2, 0.25) is 0 Å². The maximum absolute atomic E-state index is 13.6. The van der Waals surface area contributed by atoms with Gasteiger partial charge in [-0.3, -0.25) is 14.9 Å². The number of ketones is 1. The fraction of sp³-hybridized carbons (Fsp3) is 0.333. The summed E-state index contributed by atoms with van der Waals surface area (Å²) in [5.74, 6) is -0.646. The van der Waals surface area contributed by atoms with Crippen molar-refractivity contribution in [1.82, 2.24) is 5.32 Å². The number of esters is 1. The second kappa shape index (κ2) is 10.1. The summed E-state index contributed by atoms with van der Waals surface area (Å²) in [5, 5.41) is 14.7. The van der Waals surface area contributed by atoms with Crippen LogP contribution in [0.1, 0.15) is 56.1 Å². The topological polar surface area (TPSA) is 108 Å². The summed E-state index contributed by atoms with van der Waals surface area (Å²) in [7, 11) is 1.61. The van der Waals surface area contributed by atoms with E-state index >= 15 is 0 Å². The Morgan fingerprint density at radius 1 is 1.14 bits per heavy atom. The summed E-state index contributed by atoms with van der Waals surface area (Å²) in [4.78, 5) is 37.7. The average molecular weight is 477 g/mol. The predicted octanol–water partition coefficient (Wildman–Crippen LogP) is 4.92. The largest absolute Gasteiger partial charge is 0.497 e. The quantitative estimate of drug-likeness (QED) is 0.343. The normalized spacial score (nSPS) is 19.7. The van der Waals surface area contributed by atoms with Crippen molar-refractivity contribution in [3.63, 3.8) is 0 Å². The molecule has 2 aliphatic rings. The molecular weight excluding hydrogens is 448 g/mol. The van der Waals surface area contributed by atoms with Gasteiger partial charge >= 0.3 is 5.97 Å². The van der Waals surface area contributed by atoms with Gasteiger partial charge in [-0.25, -0.2) is 4.79 Å². The Hall–Kier alpha value is -3.94. The number of Topliss-reactive ketones (excluding diaryl/α,β-unsaturated/α-hetero) is 1. The molecule has 8 nitrogen and oxygen atoms in total. The number of rotatable bonds is 7. The molecular formula is C27H28N2O6. The fourth-order valence-electron chi connectivity index (χ4n) is 4.85. The van der Waals surface area contributed by atoms with Crippen molar-refractivity contribution in [3.8, 4) is 5.75 Å². The zero-order valence-corrected chi connectivity index (χ0v) is 20.0. The lowest BCUT2D eigenvalue weighted by atomic mass is 9.71. The van der Waals surface area contributed by atoms with Gasteiger partial charge < -0.3 is 14.8 Å². The van der Waals surface area contributed by atoms with Crippen molar-refractivity contribution in [2.45, 2.75) is 44.9 Å². The first kappa shape index (κ1) is 24.2. The molecule has 1 N–H and O–H groups in total. The summed E-state index contributed by atoms with van der Waals surface area (Å²) in [5.41, 5.74) is 3.56.